The summed E-state index contributed by atoms with van der Waals surface area (Å²) in [5.74, 6) is 4.88. The molecule has 0 saturated heterocycles. The molecule has 0 bridgehead atoms. The highest BCUT2D eigenvalue weighted by molar-refractivity contribution is 6.59. The third-order valence-electron chi connectivity index (χ3n) is 11.6. The Morgan fingerprint density at radius 1 is 1.05 bits per heavy atom. The highest BCUT2D eigenvalue weighted by atomic mass is 35.5. The van der Waals surface area contributed by atoms with E-state index in [-0.39, 0.29) is 33.4 Å². The Labute approximate surface area is 247 Å². The molecule has 5 heteroatoms. The number of esters is 1. The molecule has 0 unspecified atom stereocenters. The minimum atomic E-state index is -0.344. The van der Waals surface area contributed by atoms with Gasteiger partial charge in [-0.05, 0) is 104 Å². The van der Waals surface area contributed by atoms with Crippen LogP contribution in [0.2, 0.25) is 0 Å². The lowest BCUT2D eigenvalue weighted by atomic mass is 9.47. The number of rotatable bonds is 8. The Kier molecular flexibility index (Phi) is 9.80. The van der Waals surface area contributed by atoms with E-state index in [0.29, 0.717) is 23.2 Å². The molecule has 0 aliphatic heterocycles. The molecule has 0 aromatic rings. The number of carbonyl (C=O) groups is 1. The lowest BCUT2D eigenvalue weighted by molar-refractivity contribution is -0.150. The average molecular weight is 584 g/mol. The Hall–Kier alpha value is -0.440. The molecule has 2 nitrogen and oxygen atoms in total. The first-order chi connectivity index (χ1) is 17.9. The summed E-state index contributed by atoms with van der Waals surface area (Å²) in [4.78, 5) is 12.4. The molecule has 0 radical (unpaired) electrons. The van der Waals surface area contributed by atoms with Crippen molar-refractivity contribution in [3.05, 3.63) is 33.3 Å². The van der Waals surface area contributed by atoms with E-state index >= 15 is 0 Å². The topological polar surface area (TPSA) is 26.3 Å². The third-order valence-corrected chi connectivity index (χ3v) is 12.5. The van der Waals surface area contributed by atoms with E-state index in [0.717, 1.165) is 42.9 Å². The molecule has 3 saturated carbocycles. The van der Waals surface area contributed by atoms with Crippen LogP contribution in [0.4, 0.5) is 0 Å². The second-order valence-electron chi connectivity index (χ2n) is 13.7. The fourth-order valence-electron chi connectivity index (χ4n) is 9.34. The van der Waals surface area contributed by atoms with Gasteiger partial charge >= 0.3 is 5.97 Å². The summed E-state index contributed by atoms with van der Waals surface area (Å²) in [6, 6.07) is 0. The van der Waals surface area contributed by atoms with Gasteiger partial charge in [0.05, 0.1) is 11.5 Å². The first kappa shape index (κ1) is 30.5. The van der Waals surface area contributed by atoms with Crippen molar-refractivity contribution in [3.8, 4) is 0 Å². The van der Waals surface area contributed by atoms with Crippen molar-refractivity contribution in [1.82, 2.24) is 0 Å². The first-order valence-corrected chi connectivity index (χ1v) is 16.3. The van der Waals surface area contributed by atoms with Gasteiger partial charge in [0, 0.05) is 6.42 Å². The lowest BCUT2D eigenvalue weighted by Gasteiger charge is -2.58. The van der Waals surface area contributed by atoms with Crippen LogP contribution in [0.15, 0.2) is 33.3 Å². The van der Waals surface area contributed by atoms with Crippen LogP contribution in [0, 0.1) is 52.3 Å². The van der Waals surface area contributed by atoms with Gasteiger partial charge in [-0.3, -0.25) is 4.79 Å². The highest BCUT2D eigenvalue weighted by Gasteiger charge is 2.59. The largest absolute Gasteiger partial charge is 0.462 e. The van der Waals surface area contributed by atoms with Gasteiger partial charge in [-0.1, -0.05) is 100 Å². The molecule has 0 aromatic carbocycles. The van der Waals surface area contributed by atoms with Crippen molar-refractivity contribution >= 4 is 40.8 Å². The number of fused-ring (bicyclic) bond motifs is 5. The summed E-state index contributed by atoms with van der Waals surface area (Å²) in [5, 5.41) is 0.147. The molecule has 0 spiro atoms. The summed E-state index contributed by atoms with van der Waals surface area (Å²) in [5.41, 5.74) is 2.21. The van der Waals surface area contributed by atoms with Crippen molar-refractivity contribution in [2.45, 2.75) is 112 Å². The molecule has 4 aliphatic carbocycles. The maximum Gasteiger partial charge on any atom is 0.311 e. The molecule has 0 N–H and O–H groups in total. The van der Waals surface area contributed by atoms with Gasteiger partial charge in [0.2, 0.25) is 0 Å². The monoisotopic (exact) mass is 582 g/mol. The van der Waals surface area contributed by atoms with Gasteiger partial charge in [0.15, 0.2) is 0 Å². The van der Waals surface area contributed by atoms with Crippen LogP contribution in [-0.4, -0.2) is 12.1 Å². The molecule has 4 aliphatic rings. The summed E-state index contributed by atoms with van der Waals surface area (Å²) in [6.45, 7) is 14.7. The van der Waals surface area contributed by atoms with E-state index in [1.54, 1.807) is 0 Å². The molecule has 38 heavy (non-hydrogen) atoms. The summed E-state index contributed by atoms with van der Waals surface area (Å²) in [6.07, 6.45) is 18.3. The molecule has 0 aromatic heterocycles. The summed E-state index contributed by atoms with van der Waals surface area (Å²) in [7, 11) is 0. The van der Waals surface area contributed by atoms with Gasteiger partial charge in [-0.15, -0.1) is 0 Å². The lowest BCUT2D eigenvalue weighted by Crippen LogP contribution is -2.51. The van der Waals surface area contributed by atoms with Crippen LogP contribution in [-0.2, 0) is 9.53 Å². The molecule has 4 rings (SSSR count). The third kappa shape index (κ3) is 5.94. The summed E-state index contributed by atoms with van der Waals surface area (Å²) >= 11 is 17.4. The maximum atomic E-state index is 12.4. The van der Waals surface area contributed by atoms with Crippen molar-refractivity contribution in [3.63, 3.8) is 0 Å². The molecule has 214 valence electrons. The van der Waals surface area contributed by atoms with Crippen molar-refractivity contribution in [2.75, 3.05) is 0 Å². The zero-order valence-electron chi connectivity index (χ0n) is 24.4. The van der Waals surface area contributed by atoms with Crippen LogP contribution in [0.3, 0.4) is 0 Å². The fourth-order valence-corrected chi connectivity index (χ4v) is 9.58. The van der Waals surface area contributed by atoms with Crippen LogP contribution in [0.1, 0.15) is 106 Å². The SMILES string of the molecule is CC[C@@H](/C=C/[C@@H](C)[C@H]1CC[C@H]2[C@@H]3CC=C4C[C@@H](OC(=O)CC(Cl)=C(Cl)Cl)CC[C@]4(C)[C@H]3CC[C@]12C)C(C)C. The van der Waals surface area contributed by atoms with E-state index < -0.39 is 0 Å². The molecule has 0 amide bonds. The summed E-state index contributed by atoms with van der Waals surface area (Å²) < 4.78 is 5.74. The number of allylic oxidation sites excluding steroid dienone is 3. The van der Waals surface area contributed by atoms with Gasteiger partial charge in [0.1, 0.15) is 10.6 Å². The van der Waals surface area contributed by atoms with Crippen molar-refractivity contribution in [2.24, 2.45) is 52.3 Å². The minimum Gasteiger partial charge on any atom is -0.462 e. The van der Waals surface area contributed by atoms with Crippen LogP contribution >= 0.6 is 34.8 Å². The van der Waals surface area contributed by atoms with Crippen LogP contribution < -0.4 is 0 Å². The number of ether oxygens (including phenoxy) is 1. The quantitative estimate of drug-likeness (QED) is 0.210. The first-order valence-electron chi connectivity index (χ1n) is 15.2. The van der Waals surface area contributed by atoms with E-state index in [1.165, 1.54) is 44.1 Å². The van der Waals surface area contributed by atoms with Gasteiger partial charge in [0.25, 0.3) is 0 Å². The van der Waals surface area contributed by atoms with Gasteiger partial charge in [-0.2, -0.15) is 0 Å². The highest BCUT2D eigenvalue weighted by Crippen LogP contribution is 2.67. The molecule has 9 atom stereocenters. The van der Waals surface area contributed by atoms with Crippen molar-refractivity contribution in [1.29, 1.82) is 0 Å². The second-order valence-corrected chi connectivity index (χ2v) is 15.2. The Balaban J connectivity index is 1.44. The predicted molar refractivity (Wildman–Crippen MR) is 161 cm³/mol. The molecular weight excluding hydrogens is 535 g/mol. The predicted octanol–water partition coefficient (Wildman–Crippen LogP) is 10.6. The maximum absolute atomic E-state index is 12.4. The number of carbonyl (C=O) groups excluding carboxylic acids is 1. The van der Waals surface area contributed by atoms with Crippen LogP contribution in [0.25, 0.3) is 0 Å². The Morgan fingerprint density at radius 3 is 2.45 bits per heavy atom. The minimum absolute atomic E-state index is 0.0625. The zero-order chi connectivity index (χ0) is 27.8. The van der Waals surface area contributed by atoms with E-state index in [9.17, 15) is 4.79 Å². The second kappa shape index (κ2) is 12.2. The molecule has 3 fully saturated rings. The van der Waals surface area contributed by atoms with Gasteiger partial charge < -0.3 is 4.74 Å². The van der Waals surface area contributed by atoms with Crippen molar-refractivity contribution < 1.29 is 9.53 Å². The standard InChI is InChI=1S/C33H49Cl3O2/c1-7-22(20(2)3)9-8-21(4)26-12-13-27-25-11-10-23-18-24(38-30(37)19-29(34)31(35)36)14-16-32(23,5)28(25)15-17-33(26,27)6/h8-10,20-22,24-28H,7,11-19H2,1-6H3/b9-8+/t21-,22+,24+,25+,26-,27+,28+,32+,33-/m1/s1. The Bertz CT molecular complexity index is 963. The van der Waals surface area contributed by atoms with Crippen LogP contribution in [0.5, 0.6) is 0 Å². The number of hydrogen-bond acceptors (Lipinski definition) is 2. The Morgan fingerprint density at radius 2 is 1.79 bits per heavy atom. The van der Waals surface area contributed by atoms with E-state index in [4.69, 9.17) is 39.5 Å². The fraction of sp³-hybridized carbons (Fsp3) is 0.788. The number of hydrogen-bond donors (Lipinski definition) is 0. The zero-order valence-corrected chi connectivity index (χ0v) is 26.6. The van der Waals surface area contributed by atoms with E-state index in [1.807, 2.05) is 0 Å². The van der Waals surface area contributed by atoms with E-state index in [2.05, 4.69) is 59.8 Å². The average Bonchev–Trinajstić information content (AvgIpc) is 3.21. The number of halogens is 3. The molecule has 0 heterocycles. The molecular formula is C33H49Cl3O2. The normalized spacial score (nSPS) is 38.2. The van der Waals surface area contributed by atoms with Gasteiger partial charge in [-0.25, -0.2) is 0 Å². The smallest absolute Gasteiger partial charge is 0.311 e.